The van der Waals surface area contributed by atoms with Crippen LogP contribution < -0.4 is 19.8 Å². The van der Waals surface area contributed by atoms with Gasteiger partial charge >= 0.3 is 0 Å². The number of anilines is 1. The average molecular weight is 586 g/mol. The van der Waals surface area contributed by atoms with Gasteiger partial charge in [-0.25, -0.2) is 10.3 Å². The maximum atomic E-state index is 14.5. The van der Waals surface area contributed by atoms with E-state index in [-0.39, 0.29) is 17.7 Å². The van der Waals surface area contributed by atoms with Gasteiger partial charge in [-0.1, -0.05) is 67.6 Å². The van der Waals surface area contributed by atoms with Gasteiger partial charge in [0.2, 0.25) is 11.8 Å². The predicted octanol–water partition coefficient (Wildman–Crippen LogP) is 5.45. The summed E-state index contributed by atoms with van der Waals surface area (Å²) in [5.74, 6) is -1.57. The molecule has 4 aromatic rings. The summed E-state index contributed by atoms with van der Waals surface area (Å²) in [6.45, 7) is 2.61. The van der Waals surface area contributed by atoms with Crippen LogP contribution in [0.2, 0.25) is 0 Å². The number of amides is 3. The minimum atomic E-state index is -1.09. The Morgan fingerprint density at radius 3 is 2.18 bits per heavy atom. The van der Waals surface area contributed by atoms with Crippen molar-refractivity contribution in [2.75, 3.05) is 18.6 Å². The molecular formula is C36H31N3O5. The lowest BCUT2D eigenvalue weighted by Crippen LogP contribution is -2.54. The molecule has 0 saturated carbocycles. The topological polar surface area (TPSA) is 97.3 Å². The summed E-state index contributed by atoms with van der Waals surface area (Å²) in [4.78, 5) is 43.4. The lowest BCUT2D eigenvalue weighted by molar-refractivity contribution is -0.122. The largest absolute Gasteiger partial charge is 0.496 e. The van der Waals surface area contributed by atoms with Crippen LogP contribution in [0.15, 0.2) is 102 Å². The van der Waals surface area contributed by atoms with Gasteiger partial charge in [-0.05, 0) is 65.1 Å². The molecule has 2 bridgehead atoms. The minimum Gasteiger partial charge on any atom is -0.496 e. The third kappa shape index (κ3) is 3.97. The van der Waals surface area contributed by atoms with Crippen LogP contribution in [0.25, 0.3) is 0 Å². The van der Waals surface area contributed by atoms with E-state index in [1.54, 1.807) is 54.7 Å². The van der Waals surface area contributed by atoms with Gasteiger partial charge in [-0.15, -0.1) is 0 Å². The number of methoxy groups -OCH3 is 1. The number of rotatable bonds is 8. The summed E-state index contributed by atoms with van der Waals surface area (Å²) < 4.78 is 11.1. The van der Waals surface area contributed by atoms with E-state index in [4.69, 9.17) is 9.47 Å². The first-order chi connectivity index (χ1) is 21.5. The Kier molecular flexibility index (Phi) is 6.77. The van der Waals surface area contributed by atoms with Crippen molar-refractivity contribution in [3.05, 3.63) is 125 Å². The zero-order valence-electron chi connectivity index (χ0n) is 24.4. The normalized spacial score (nSPS) is 22.9. The van der Waals surface area contributed by atoms with Gasteiger partial charge in [0.15, 0.2) is 0 Å². The summed E-state index contributed by atoms with van der Waals surface area (Å²) in [5.41, 5.74) is 6.19. The van der Waals surface area contributed by atoms with Crippen molar-refractivity contribution in [2.24, 2.45) is 16.9 Å². The van der Waals surface area contributed by atoms with Gasteiger partial charge in [0.1, 0.15) is 11.5 Å². The van der Waals surface area contributed by atoms with E-state index < -0.39 is 23.2 Å². The van der Waals surface area contributed by atoms with Crippen molar-refractivity contribution in [3.63, 3.8) is 0 Å². The van der Waals surface area contributed by atoms with E-state index in [9.17, 15) is 14.4 Å². The summed E-state index contributed by atoms with van der Waals surface area (Å²) in [6, 6.07) is 29.8. The fraction of sp³-hybridized carbons (Fsp3) is 0.222. The van der Waals surface area contributed by atoms with E-state index in [2.05, 4.69) is 10.5 Å². The summed E-state index contributed by atoms with van der Waals surface area (Å²) in [7, 11) is 1.50. The number of benzene rings is 4. The second-order valence-electron chi connectivity index (χ2n) is 11.3. The highest BCUT2D eigenvalue weighted by Crippen LogP contribution is 2.63. The highest BCUT2D eigenvalue weighted by atomic mass is 16.5. The number of hydrogen-bond acceptors (Lipinski definition) is 6. The molecule has 2 atom stereocenters. The Morgan fingerprint density at radius 1 is 0.886 bits per heavy atom. The standard InChI is InChI=1S/C36H31N3O5/c1-3-20-44-23-18-16-22(17-19-23)39-34(41)31-30-24-10-4-7-13-27(24)36(32(31)35(39)42,28-14-8-5-11-25(28)30)21-37-38-33(40)26-12-6-9-15-29(26)43-2/h4-19,21,30-32H,3,20H2,1-2H3,(H,38,40)/b37-21+/t30?,31-,32-,36?/m1/s1. The molecule has 1 saturated heterocycles. The van der Waals surface area contributed by atoms with E-state index in [1.807, 2.05) is 55.5 Å². The minimum absolute atomic E-state index is 0.243. The molecule has 0 spiro atoms. The van der Waals surface area contributed by atoms with Gasteiger partial charge in [-0.3, -0.25) is 14.4 Å². The van der Waals surface area contributed by atoms with Crippen molar-refractivity contribution in [1.82, 2.24) is 5.43 Å². The molecule has 0 aromatic heterocycles. The average Bonchev–Trinajstić information content (AvgIpc) is 3.34. The second-order valence-corrected chi connectivity index (χ2v) is 11.3. The Bertz CT molecular complexity index is 1770. The third-order valence-electron chi connectivity index (χ3n) is 9.04. The maximum Gasteiger partial charge on any atom is 0.275 e. The molecule has 3 aliphatic carbocycles. The zero-order valence-corrected chi connectivity index (χ0v) is 24.4. The van der Waals surface area contributed by atoms with Gasteiger partial charge in [0.05, 0.1) is 42.2 Å². The quantitative estimate of drug-likeness (QED) is 0.169. The van der Waals surface area contributed by atoms with Crippen LogP contribution in [0, 0.1) is 11.8 Å². The lowest BCUT2D eigenvalue weighted by atomic mass is 9.47. The molecule has 4 aromatic carbocycles. The first-order valence-electron chi connectivity index (χ1n) is 14.8. The molecule has 1 N–H and O–H groups in total. The zero-order chi connectivity index (χ0) is 30.4. The van der Waals surface area contributed by atoms with Crippen LogP contribution in [0.5, 0.6) is 11.5 Å². The highest BCUT2D eigenvalue weighted by molar-refractivity contribution is 6.25. The number of hydrazone groups is 1. The fourth-order valence-corrected chi connectivity index (χ4v) is 7.30. The molecule has 8 nitrogen and oxygen atoms in total. The summed E-state index contributed by atoms with van der Waals surface area (Å²) in [6.07, 6.45) is 2.53. The Balaban J connectivity index is 1.34. The lowest BCUT2D eigenvalue weighted by Gasteiger charge is -2.52. The van der Waals surface area contributed by atoms with Crippen LogP contribution in [0.1, 0.15) is 51.9 Å². The van der Waals surface area contributed by atoms with Gasteiger partial charge in [0, 0.05) is 12.1 Å². The van der Waals surface area contributed by atoms with Crippen molar-refractivity contribution < 1.29 is 23.9 Å². The van der Waals surface area contributed by atoms with Crippen LogP contribution in [0.4, 0.5) is 5.69 Å². The first-order valence-corrected chi connectivity index (χ1v) is 14.8. The monoisotopic (exact) mass is 585 g/mol. The first kappa shape index (κ1) is 27.6. The molecule has 0 unspecified atom stereocenters. The molecule has 1 heterocycles. The number of imide groups is 1. The van der Waals surface area contributed by atoms with Crippen molar-refractivity contribution in [3.8, 4) is 11.5 Å². The van der Waals surface area contributed by atoms with Gasteiger partial charge in [-0.2, -0.15) is 5.10 Å². The van der Waals surface area contributed by atoms with Crippen molar-refractivity contribution in [2.45, 2.75) is 24.7 Å². The van der Waals surface area contributed by atoms with Crippen molar-refractivity contribution >= 4 is 29.6 Å². The molecular weight excluding hydrogens is 554 g/mol. The van der Waals surface area contributed by atoms with Crippen LogP contribution >= 0.6 is 0 Å². The van der Waals surface area contributed by atoms with Gasteiger partial charge < -0.3 is 9.47 Å². The molecule has 0 radical (unpaired) electrons. The van der Waals surface area contributed by atoms with Crippen LogP contribution in [-0.2, 0) is 15.0 Å². The molecule has 1 aliphatic heterocycles. The van der Waals surface area contributed by atoms with Crippen LogP contribution in [-0.4, -0.2) is 37.7 Å². The van der Waals surface area contributed by atoms with Crippen LogP contribution in [0.3, 0.4) is 0 Å². The molecule has 44 heavy (non-hydrogen) atoms. The number of nitrogens with zero attached hydrogens (tertiary/aromatic N) is 2. The molecule has 1 fully saturated rings. The Labute approximate surface area is 255 Å². The number of para-hydroxylation sites is 1. The van der Waals surface area contributed by atoms with E-state index in [0.717, 1.165) is 28.7 Å². The highest BCUT2D eigenvalue weighted by Gasteiger charge is 2.68. The molecule has 8 rings (SSSR count). The van der Waals surface area contributed by atoms with E-state index in [1.165, 1.54) is 12.0 Å². The summed E-state index contributed by atoms with van der Waals surface area (Å²) >= 11 is 0. The maximum absolute atomic E-state index is 14.5. The SMILES string of the molecule is CCCOc1ccc(N2C(=O)[C@@H]3C4c5ccccc5C(/C=N/NC(=O)c5ccccc5OC)(c5ccccc54)[C@H]3C2=O)cc1. The van der Waals surface area contributed by atoms with Crippen molar-refractivity contribution in [1.29, 1.82) is 0 Å². The summed E-state index contributed by atoms with van der Waals surface area (Å²) in [5, 5.41) is 4.49. The van der Waals surface area contributed by atoms with Gasteiger partial charge in [0.25, 0.3) is 5.91 Å². The number of carbonyl (C=O) groups excluding carboxylic acids is 3. The molecule has 3 amide bonds. The number of hydrogen-bond donors (Lipinski definition) is 1. The Morgan fingerprint density at radius 2 is 1.52 bits per heavy atom. The predicted molar refractivity (Wildman–Crippen MR) is 166 cm³/mol. The number of carbonyl (C=O) groups is 3. The van der Waals surface area contributed by atoms with E-state index in [0.29, 0.717) is 29.4 Å². The molecule has 4 aliphatic rings. The molecule has 220 valence electrons. The number of ether oxygens (including phenoxy) is 2. The van der Waals surface area contributed by atoms with E-state index >= 15 is 0 Å². The molecule has 8 heteroatoms. The number of nitrogens with one attached hydrogen (secondary N) is 1. The second kappa shape index (κ2) is 10.8. The smallest absolute Gasteiger partial charge is 0.275 e. The fourth-order valence-electron chi connectivity index (χ4n) is 7.30. The third-order valence-corrected chi connectivity index (χ3v) is 9.04. The Hall–Kier alpha value is -5.24.